The number of aliphatic hydroxyl groups is 1. The second-order valence-electron chi connectivity index (χ2n) is 7.14. The van der Waals surface area contributed by atoms with E-state index in [4.69, 9.17) is 4.74 Å². The maximum absolute atomic E-state index is 13.6. The predicted octanol–water partition coefficient (Wildman–Crippen LogP) is 3.88. The number of carbonyl (C=O) groups excluding carboxylic acids is 1. The molecule has 1 amide bonds. The van der Waals surface area contributed by atoms with Crippen LogP contribution in [0.4, 0.5) is 13.2 Å². The van der Waals surface area contributed by atoms with Crippen molar-refractivity contribution in [2.24, 2.45) is 5.10 Å². The molecule has 0 radical (unpaired) electrons. The molecule has 2 aromatic rings. The molecule has 1 N–H and O–H groups in total. The number of halogens is 3. The number of amides is 1. The molecule has 1 atom stereocenters. The minimum Gasteiger partial charge on any atom is -0.484 e. The minimum atomic E-state index is -5.08. The summed E-state index contributed by atoms with van der Waals surface area (Å²) in [5, 5.41) is 14.2. The maximum atomic E-state index is 13.6. The fourth-order valence-electron chi connectivity index (χ4n) is 2.95. The third-order valence-electron chi connectivity index (χ3n) is 4.90. The highest BCUT2D eigenvalue weighted by Crippen LogP contribution is 2.41. The molecule has 0 aliphatic carbocycles. The van der Waals surface area contributed by atoms with Gasteiger partial charge in [-0.25, -0.2) is 0 Å². The van der Waals surface area contributed by atoms with Gasteiger partial charge in [-0.1, -0.05) is 35.9 Å². The first-order valence-electron chi connectivity index (χ1n) is 8.98. The summed E-state index contributed by atoms with van der Waals surface area (Å²) < 4.78 is 46.2. The van der Waals surface area contributed by atoms with Crippen LogP contribution in [0, 0.1) is 20.8 Å². The topological polar surface area (TPSA) is 62.1 Å². The summed E-state index contributed by atoms with van der Waals surface area (Å²) in [6.07, 6.45) is -5.94. The van der Waals surface area contributed by atoms with Crippen molar-refractivity contribution >= 4 is 11.6 Å². The third-order valence-corrected chi connectivity index (χ3v) is 4.90. The van der Waals surface area contributed by atoms with Crippen LogP contribution < -0.4 is 4.74 Å². The number of hydrogen-bond acceptors (Lipinski definition) is 4. The van der Waals surface area contributed by atoms with Crippen LogP contribution in [-0.4, -0.2) is 40.2 Å². The van der Waals surface area contributed by atoms with E-state index in [2.05, 4.69) is 5.10 Å². The van der Waals surface area contributed by atoms with E-state index in [0.717, 1.165) is 16.7 Å². The standard InChI is InChI=1S/C21H21F3N2O3/c1-13-4-7-16(8-5-13)18-11-20(28,21(22,23)24)26(25-18)19(27)12-29-17-9-6-14(2)15(3)10-17/h4-10,28H,11-12H2,1-3H3/t20-/m0/s1. The maximum Gasteiger partial charge on any atom is 0.438 e. The molecule has 0 saturated heterocycles. The summed E-state index contributed by atoms with van der Waals surface area (Å²) in [4.78, 5) is 12.5. The first-order chi connectivity index (χ1) is 13.5. The summed E-state index contributed by atoms with van der Waals surface area (Å²) in [5.41, 5.74) is -0.178. The number of hydrazone groups is 1. The molecule has 1 aliphatic heterocycles. The average molecular weight is 406 g/mol. The van der Waals surface area contributed by atoms with Crippen LogP contribution in [0.2, 0.25) is 0 Å². The third kappa shape index (κ3) is 4.12. The Kier molecular flexibility index (Phi) is 5.40. The largest absolute Gasteiger partial charge is 0.484 e. The van der Waals surface area contributed by atoms with Crippen LogP contribution in [0.3, 0.4) is 0 Å². The molecule has 8 heteroatoms. The number of ether oxygens (including phenoxy) is 1. The van der Waals surface area contributed by atoms with Crippen LogP contribution in [0.15, 0.2) is 47.6 Å². The highest BCUT2D eigenvalue weighted by Gasteiger charge is 2.63. The molecule has 1 aliphatic rings. The van der Waals surface area contributed by atoms with Crippen LogP contribution in [0.25, 0.3) is 0 Å². The molecule has 0 unspecified atom stereocenters. The molecular formula is C21H21F3N2O3. The Bertz CT molecular complexity index is 955. The smallest absolute Gasteiger partial charge is 0.438 e. The molecule has 0 bridgehead atoms. The zero-order valence-electron chi connectivity index (χ0n) is 16.2. The van der Waals surface area contributed by atoms with Crippen molar-refractivity contribution in [3.63, 3.8) is 0 Å². The number of rotatable bonds is 4. The molecule has 29 heavy (non-hydrogen) atoms. The SMILES string of the molecule is Cc1ccc(C2=NN(C(=O)COc3ccc(C)c(C)c3)[C@@](O)(C(F)(F)F)C2)cc1. The van der Waals surface area contributed by atoms with Crippen LogP contribution in [0.5, 0.6) is 5.75 Å². The van der Waals surface area contributed by atoms with Crippen LogP contribution in [0.1, 0.15) is 28.7 Å². The van der Waals surface area contributed by atoms with Crippen molar-refractivity contribution in [3.8, 4) is 5.75 Å². The van der Waals surface area contributed by atoms with Crippen LogP contribution >= 0.6 is 0 Å². The molecule has 5 nitrogen and oxygen atoms in total. The van der Waals surface area contributed by atoms with E-state index in [-0.39, 0.29) is 10.7 Å². The highest BCUT2D eigenvalue weighted by molar-refractivity contribution is 6.03. The summed E-state index contributed by atoms with van der Waals surface area (Å²) in [5.74, 6) is -0.746. The van der Waals surface area contributed by atoms with E-state index in [9.17, 15) is 23.1 Å². The minimum absolute atomic E-state index is 0.0237. The fraction of sp³-hybridized carbons (Fsp3) is 0.333. The van der Waals surface area contributed by atoms with E-state index >= 15 is 0 Å². The van der Waals surface area contributed by atoms with E-state index in [1.807, 2.05) is 20.8 Å². The number of carbonyl (C=O) groups is 1. The summed E-state index contributed by atoms with van der Waals surface area (Å²) >= 11 is 0. The predicted molar refractivity (Wildman–Crippen MR) is 102 cm³/mol. The molecule has 0 spiro atoms. The van der Waals surface area contributed by atoms with Gasteiger partial charge in [0.05, 0.1) is 12.1 Å². The first kappa shape index (κ1) is 20.9. The molecule has 0 fully saturated rings. The van der Waals surface area contributed by atoms with Crippen molar-refractivity contribution in [1.29, 1.82) is 0 Å². The van der Waals surface area contributed by atoms with E-state index in [1.165, 1.54) is 0 Å². The van der Waals surface area contributed by atoms with Gasteiger partial charge in [0.25, 0.3) is 11.6 Å². The van der Waals surface area contributed by atoms with Gasteiger partial charge in [-0.2, -0.15) is 23.3 Å². The summed E-state index contributed by atoms with van der Waals surface area (Å²) in [6, 6.07) is 11.7. The Morgan fingerprint density at radius 1 is 1.14 bits per heavy atom. The van der Waals surface area contributed by atoms with Gasteiger partial charge >= 0.3 is 6.18 Å². The molecule has 2 aromatic carbocycles. The zero-order chi connectivity index (χ0) is 21.4. The number of alkyl halides is 3. The Morgan fingerprint density at radius 3 is 2.38 bits per heavy atom. The van der Waals surface area contributed by atoms with Gasteiger partial charge in [-0.15, -0.1) is 0 Å². The molecule has 0 saturated carbocycles. The fourth-order valence-corrected chi connectivity index (χ4v) is 2.95. The van der Waals surface area contributed by atoms with Crippen molar-refractivity contribution in [3.05, 3.63) is 64.7 Å². The van der Waals surface area contributed by atoms with E-state index in [1.54, 1.807) is 42.5 Å². The Morgan fingerprint density at radius 2 is 1.79 bits per heavy atom. The van der Waals surface area contributed by atoms with Gasteiger partial charge in [0, 0.05) is 0 Å². The van der Waals surface area contributed by atoms with Gasteiger partial charge < -0.3 is 9.84 Å². The average Bonchev–Trinajstić information content (AvgIpc) is 3.02. The van der Waals surface area contributed by atoms with Gasteiger partial charge in [0.15, 0.2) is 6.61 Å². The molecule has 1 heterocycles. The molecule has 154 valence electrons. The molecule has 3 rings (SSSR count). The number of benzene rings is 2. The zero-order valence-corrected chi connectivity index (χ0v) is 16.2. The second kappa shape index (κ2) is 7.51. The summed E-state index contributed by atoms with van der Waals surface area (Å²) in [6.45, 7) is 4.90. The van der Waals surface area contributed by atoms with Crippen molar-refractivity contribution in [1.82, 2.24) is 5.01 Å². The lowest BCUT2D eigenvalue weighted by molar-refractivity contribution is -0.302. The first-order valence-corrected chi connectivity index (χ1v) is 8.98. The van der Waals surface area contributed by atoms with E-state index < -0.39 is 30.8 Å². The second-order valence-corrected chi connectivity index (χ2v) is 7.14. The summed E-state index contributed by atoms with van der Waals surface area (Å²) in [7, 11) is 0. The number of aryl methyl sites for hydroxylation is 3. The van der Waals surface area contributed by atoms with Crippen molar-refractivity contribution < 1.29 is 27.8 Å². The quantitative estimate of drug-likeness (QED) is 0.838. The molecule has 0 aromatic heterocycles. The Hall–Kier alpha value is -2.87. The van der Waals surface area contributed by atoms with Crippen molar-refractivity contribution in [2.75, 3.05) is 6.61 Å². The lowest BCUT2D eigenvalue weighted by Gasteiger charge is -2.32. The van der Waals surface area contributed by atoms with E-state index in [0.29, 0.717) is 11.3 Å². The van der Waals surface area contributed by atoms with Crippen molar-refractivity contribution in [2.45, 2.75) is 39.1 Å². The molecular weight excluding hydrogens is 385 g/mol. The highest BCUT2D eigenvalue weighted by atomic mass is 19.4. The van der Waals surface area contributed by atoms with Crippen LogP contribution in [-0.2, 0) is 4.79 Å². The Labute approximate surface area is 166 Å². The monoisotopic (exact) mass is 406 g/mol. The van der Waals surface area contributed by atoms with Gasteiger partial charge in [-0.05, 0) is 49.6 Å². The number of hydrogen-bond donors (Lipinski definition) is 1. The lowest BCUT2D eigenvalue weighted by atomic mass is 10.00. The van der Waals surface area contributed by atoms with Gasteiger partial charge in [0.2, 0.25) is 0 Å². The van der Waals surface area contributed by atoms with Gasteiger partial charge in [-0.3, -0.25) is 4.79 Å². The normalized spacial score (nSPS) is 19.3. The number of nitrogens with zero attached hydrogens (tertiary/aromatic N) is 2. The lowest BCUT2D eigenvalue weighted by Crippen LogP contribution is -2.57. The Balaban J connectivity index is 1.84. The van der Waals surface area contributed by atoms with Gasteiger partial charge in [0.1, 0.15) is 5.75 Å².